The number of benzene rings is 1. The second-order valence-corrected chi connectivity index (χ2v) is 8.67. The van der Waals surface area contributed by atoms with Gasteiger partial charge in [-0.15, -0.1) is 0 Å². The quantitative estimate of drug-likeness (QED) is 0.781. The Morgan fingerprint density at radius 3 is 2.32 bits per heavy atom. The van der Waals surface area contributed by atoms with Crippen molar-refractivity contribution in [3.05, 3.63) is 29.8 Å². The predicted molar refractivity (Wildman–Crippen MR) is 79.3 cm³/mol. The van der Waals surface area contributed by atoms with Crippen LogP contribution < -0.4 is 4.74 Å². The zero-order valence-corrected chi connectivity index (χ0v) is 13.4. The summed E-state index contributed by atoms with van der Waals surface area (Å²) in [5.74, 6) is 0.544. The highest BCUT2D eigenvalue weighted by molar-refractivity contribution is 8.13. The number of para-hydroxylation sites is 1. The van der Waals surface area contributed by atoms with Crippen LogP contribution in [0.15, 0.2) is 24.3 Å². The van der Waals surface area contributed by atoms with Gasteiger partial charge in [-0.05, 0) is 24.0 Å². The van der Waals surface area contributed by atoms with Gasteiger partial charge in [0, 0.05) is 16.6 Å². The van der Waals surface area contributed by atoms with E-state index in [1.807, 2.05) is 52.0 Å². The summed E-state index contributed by atoms with van der Waals surface area (Å²) in [5, 5.41) is 0. The molecule has 1 unspecified atom stereocenters. The van der Waals surface area contributed by atoms with Gasteiger partial charge in [0.05, 0.1) is 12.4 Å². The lowest BCUT2D eigenvalue weighted by Gasteiger charge is -2.29. The number of ether oxygens (including phenoxy) is 1. The molecule has 1 aromatic carbocycles. The highest BCUT2D eigenvalue weighted by Gasteiger charge is 2.29. The minimum atomic E-state index is -3.53. The van der Waals surface area contributed by atoms with Gasteiger partial charge in [-0.1, -0.05) is 39.0 Å². The van der Waals surface area contributed by atoms with E-state index in [1.54, 1.807) is 0 Å². The molecular weight excluding hydrogens is 284 g/mol. The van der Waals surface area contributed by atoms with Crippen molar-refractivity contribution in [1.82, 2.24) is 0 Å². The van der Waals surface area contributed by atoms with Crippen LogP contribution in [-0.2, 0) is 9.05 Å². The molecule has 0 aliphatic carbocycles. The van der Waals surface area contributed by atoms with E-state index in [2.05, 4.69) is 0 Å². The molecule has 0 saturated carbocycles. The minimum Gasteiger partial charge on any atom is -0.493 e. The molecule has 0 N–H and O–H groups in total. The first-order valence-electron chi connectivity index (χ1n) is 6.20. The fraction of sp³-hybridized carbons (Fsp3) is 0.571. The fourth-order valence-electron chi connectivity index (χ4n) is 1.70. The molecule has 19 heavy (non-hydrogen) atoms. The van der Waals surface area contributed by atoms with Gasteiger partial charge in [-0.25, -0.2) is 8.42 Å². The number of hydrogen-bond acceptors (Lipinski definition) is 3. The maximum Gasteiger partial charge on any atom is 0.233 e. The molecule has 0 aromatic heterocycles. The van der Waals surface area contributed by atoms with Gasteiger partial charge < -0.3 is 4.74 Å². The lowest BCUT2D eigenvalue weighted by Crippen LogP contribution is -2.31. The molecular formula is C14H21ClO3S. The minimum absolute atomic E-state index is 0.0794. The van der Waals surface area contributed by atoms with Crippen molar-refractivity contribution in [1.29, 1.82) is 0 Å². The van der Waals surface area contributed by atoms with Gasteiger partial charge in [0.25, 0.3) is 0 Å². The molecule has 0 amide bonds. The highest BCUT2D eigenvalue weighted by Crippen LogP contribution is 2.29. The van der Waals surface area contributed by atoms with Crippen LogP contribution in [0.5, 0.6) is 5.75 Å². The maximum absolute atomic E-state index is 11.3. The zero-order valence-electron chi connectivity index (χ0n) is 11.8. The molecule has 0 aliphatic rings. The van der Waals surface area contributed by atoms with Crippen LogP contribution in [-0.4, -0.2) is 20.8 Å². The van der Waals surface area contributed by atoms with Gasteiger partial charge in [0.2, 0.25) is 9.05 Å². The third-order valence-electron chi connectivity index (χ3n) is 3.16. The van der Waals surface area contributed by atoms with E-state index >= 15 is 0 Å². The molecule has 0 saturated heterocycles. The summed E-state index contributed by atoms with van der Waals surface area (Å²) in [4.78, 5) is 0. The summed E-state index contributed by atoms with van der Waals surface area (Å²) in [6, 6.07) is 7.67. The van der Waals surface area contributed by atoms with Crippen molar-refractivity contribution in [2.45, 2.75) is 27.7 Å². The normalized spacial score (nSPS) is 14.2. The molecule has 1 atom stereocenters. The number of aryl methyl sites for hydroxylation is 1. The number of hydrogen-bond donors (Lipinski definition) is 0. The van der Waals surface area contributed by atoms with Crippen LogP contribution in [0.2, 0.25) is 0 Å². The predicted octanol–water partition coefficient (Wildman–Crippen LogP) is 3.60. The Labute approximate surface area is 120 Å². The fourth-order valence-corrected chi connectivity index (χ4v) is 3.23. The van der Waals surface area contributed by atoms with E-state index in [-0.39, 0.29) is 17.1 Å². The smallest absolute Gasteiger partial charge is 0.233 e. The molecule has 3 nitrogen and oxygen atoms in total. The van der Waals surface area contributed by atoms with E-state index < -0.39 is 9.05 Å². The largest absolute Gasteiger partial charge is 0.493 e. The average Bonchev–Trinajstić information content (AvgIpc) is 2.23. The molecule has 0 aliphatic heterocycles. The molecule has 5 heteroatoms. The second-order valence-electron chi connectivity index (χ2n) is 5.84. The maximum atomic E-state index is 11.3. The van der Waals surface area contributed by atoms with E-state index in [4.69, 9.17) is 15.4 Å². The Hall–Kier alpha value is -0.740. The first kappa shape index (κ1) is 16.3. The Balaban J connectivity index is 2.77. The van der Waals surface area contributed by atoms with Gasteiger partial charge in [-0.3, -0.25) is 0 Å². The third-order valence-corrected chi connectivity index (χ3v) is 4.34. The topological polar surface area (TPSA) is 43.4 Å². The van der Waals surface area contributed by atoms with Gasteiger partial charge >= 0.3 is 0 Å². The first-order chi connectivity index (χ1) is 8.59. The summed E-state index contributed by atoms with van der Waals surface area (Å²) < 4.78 is 28.3. The molecule has 0 spiro atoms. The van der Waals surface area contributed by atoms with Crippen LogP contribution >= 0.6 is 10.7 Å². The van der Waals surface area contributed by atoms with Gasteiger partial charge in [0.15, 0.2) is 0 Å². The Bertz CT molecular complexity index is 518. The highest BCUT2D eigenvalue weighted by atomic mass is 35.7. The van der Waals surface area contributed by atoms with Crippen LogP contribution in [0, 0.1) is 18.3 Å². The van der Waals surface area contributed by atoms with Crippen LogP contribution in [0.3, 0.4) is 0 Å². The lowest BCUT2D eigenvalue weighted by atomic mass is 9.82. The molecule has 0 bridgehead atoms. The van der Waals surface area contributed by atoms with Crippen LogP contribution in [0.4, 0.5) is 0 Å². The Morgan fingerprint density at radius 1 is 1.26 bits per heavy atom. The second kappa shape index (κ2) is 6.14. The van der Waals surface area contributed by atoms with Crippen molar-refractivity contribution in [3.63, 3.8) is 0 Å². The van der Waals surface area contributed by atoms with E-state index in [0.717, 1.165) is 11.3 Å². The summed E-state index contributed by atoms with van der Waals surface area (Å²) in [5.41, 5.74) is 0.842. The lowest BCUT2D eigenvalue weighted by molar-refractivity contribution is 0.163. The SMILES string of the molecule is Cc1ccccc1OCC(CS(=O)(=O)Cl)C(C)(C)C. The van der Waals surface area contributed by atoms with Crippen molar-refractivity contribution in [2.24, 2.45) is 11.3 Å². The summed E-state index contributed by atoms with van der Waals surface area (Å²) in [6.45, 7) is 8.25. The monoisotopic (exact) mass is 304 g/mol. The Morgan fingerprint density at radius 2 is 1.84 bits per heavy atom. The summed E-state index contributed by atoms with van der Waals surface area (Å²) >= 11 is 0. The van der Waals surface area contributed by atoms with Crippen molar-refractivity contribution < 1.29 is 13.2 Å². The summed E-state index contributed by atoms with van der Waals surface area (Å²) in [6.07, 6.45) is 0. The van der Waals surface area contributed by atoms with Crippen LogP contribution in [0.25, 0.3) is 0 Å². The molecule has 0 fully saturated rings. The van der Waals surface area contributed by atoms with Gasteiger partial charge in [-0.2, -0.15) is 0 Å². The first-order valence-corrected chi connectivity index (χ1v) is 8.68. The Kier molecular flexibility index (Phi) is 5.27. The zero-order chi connectivity index (χ0) is 14.7. The molecule has 0 heterocycles. The molecule has 1 rings (SSSR count). The van der Waals surface area contributed by atoms with Crippen molar-refractivity contribution >= 4 is 19.7 Å². The van der Waals surface area contributed by atoms with Crippen molar-refractivity contribution in [2.75, 3.05) is 12.4 Å². The molecule has 0 radical (unpaired) electrons. The standard InChI is InChI=1S/C14H21ClO3S/c1-11-7-5-6-8-13(11)18-9-12(14(2,3)4)10-19(15,16)17/h5-8,12H,9-10H2,1-4H3. The van der Waals surface area contributed by atoms with E-state index in [1.165, 1.54) is 0 Å². The summed E-state index contributed by atoms with van der Waals surface area (Å²) in [7, 11) is 1.83. The molecule has 1 aromatic rings. The average molecular weight is 305 g/mol. The van der Waals surface area contributed by atoms with E-state index in [9.17, 15) is 8.42 Å². The van der Waals surface area contributed by atoms with Crippen LogP contribution in [0.1, 0.15) is 26.3 Å². The van der Waals surface area contributed by atoms with Gasteiger partial charge in [0.1, 0.15) is 5.75 Å². The number of rotatable bonds is 5. The third kappa shape index (κ3) is 5.83. The number of halogens is 1. The van der Waals surface area contributed by atoms with Crippen molar-refractivity contribution in [3.8, 4) is 5.75 Å². The van der Waals surface area contributed by atoms with E-state index in [0.29, 0.717) is 6.61 Å². The molecule has 108 valence electrons.